The summed E-state index contributed by atoms with van der Waals surface area (Å²) < 4.78 is 51.1. The quantitative estimate of drug-likeness (QED) is 0.676. The number of ether oxygens (including phenoxy) is 2. The summed E-state index contributed by atoms with van der Waals surface area (Å²) in [5, 5.41) is 9.86. The van der Waals surface area contributed by atoms with Crippen LogP contribution in [0, 0.1) is 0 Å². The minimum absolute atomic E-state index is 0.0845. The van der Waals surface area contributed by atoms with Gasteiger partial charge in [0.1, 0.15) is 5.56 Å². The minimum atomic E-state index is -4.62. The molecule has 29 heavy (non-hydrogen) atoms. The van der Waals surface area contributed by atoms with Crippen molar-refractivity contribution in [2.24, 2.45) is 0 Å². The van der Waals surface area contributed by atoms with Crippen LogP contribution in [0.4, 0.5) is 13.2 Å². The van der Waals surface area contributed by atoms with E-state index in [0.717, 1.165) is 16.0 Å². The molecule has 0 fully saturated rings. The van der Waals surface area contributed by atoms with Crippen LogP contribution in [0.3, 0.4) is 0 Å². The Kier molecular flexibility index (Phi) is 4.95. The van der Waals surface area contributed by atoms with Gasteiger partial charge in [0.25, 0.3) is 0 Å². The first-order valence-electron chi connectivity index (χ1n) is 8.57. The number of carbonyl (C=O) groups excluding carboxylic acids is 1. The molecular formula is C18H14ClF3N4O3. The lowest BCUT2D eigenvalue weighted by Crippen LogP contribution is -2.24. The summed E-state index contributed by atoms with van der Waals surface area (Å²) in [5.41, 5.74) is -0.455. The molecule has 0 atom stereocenters. The molecule has 2 aromatic heterocycles. The number of halogens is 4. The van der Waals surface area contributed by atoms with Gasteiger partial charge in [0.2, 0.25) is 12.7 Å². The van der Waals surface area contributed by atoms with E-state index in [1.54, 1.807) is 6.07 Å². The van der Waals surface area contributed by atoms with Crippen molar-refractivity contribution in [1.29, 1.82) is 0 Å². The smallest absolute Gasteiger partial charge is 0.420 e. The number of pyridine rings is 1. The van der Waals surface area contributed by atoms with Crippen LogP contribution in [0.2, 0.25) is 5.02 Å². The highest BCUT2D eigenvalue weighted by atomic mass is 35.5. The summed E-state index contributed by atoms with van der Waals surface area (Å²) >= 11 is 5.80. The van der Waals surface area contributed by atoms with Crippen molar-refractivity contribution in [3.05, 3.63) is 52.4 Å². The highest BCUT2D eigenvalue weighted by molar-refractivity contribution is 6.30. The summed E-state index contributed by atoms with van der Waals surface area (Å²) in [6, 6.07) is 6.22. The standard InChI is InChI=1S/C18H14ClF3N4O3/c19-11-6-12(18(20,21)22)17-25-24-15(26(17)8-11)7-23-16(27)4-2-10-1-3-13-14(5-10)29-9-28-13/h1,3,5-6,8H,2,4,7,9H2,(H,23,27). The van der Waals surface area contributed by atoms with E-state index < -0.39 is 11.7 Å². The second-order valence-corrected chi connectivity index (χ2v) is 6.78. The fourth-order valence-electron chi connectivity index (χ4n) is 2.96. The number of nitrogens with one attached hydrogen (secondary N) is 1. The van der Waals surface area contributed by atoms with Crippen LogP contribution in [0.15, 0.2) is 30.5 Å². The molecule has 11 heteroatoms. The molecule has 0 aliphatic carbocycles. The highest BCUT2D eigenvalue weighted by Crippen LogP contribution is 2.34. The molecule has 0 unspecified atom stereocenters. The van der Waals surface area contributed by atoms with Crippen LogP contribution in [-0.4, -0.2) is 27.3 Å². The first-order valence-corrected chi connectivity index (χ1v) is 8.94. The Labute approximate surface area is 167 Å². The molecule has 1 aliphatic heterocycles. The van der Waals surface area contributed by atoms with Crippen molar-refractivity contribution in [3.63, 3.8) is 0 Å². The van der Waals surface area contributed by atoms with E-state index in [1.807, 2.05) is 12.1 Å². The molecule has 0 saturated carbocycles. The summed E-state index contributed by atoms with van der Waals surface area (Å²) in [5.74, 6) is 1.16. The van der Waals surface area contributed by atoms with Crippen LogP contribution in [0.1, 0.15) is 23.4 Å². The topological polar surface area (TPSA) is 77.8 Å². The Bertz CT molecular complexity index is 1080. The Morgan fingerprint density at radius 2 is 2.00 bits per heavy atom. The molecule has 1 aliphatic rings. The van der Waals surface area contributed by atoms with Gasteiger partial charge in [-0.25, -0.2) is 0 Å². The van der Waals surface area contributed by atoms with E-state index in [2.05, 4.69) is 15.5 Å². The van der Waals surface area contributed by atoms with Crippen LogP contribution in [0.5, 0.6) is 11.5 Å². The maximum Gasteiger partial charge on any atom is 0.420 e. The first kappa shape index (κ1) is 19.3. The van der Waals surface area contributed by atoms with Gasteiger partial charge in [-0.3, -0.25) is 9.20 Å². The number of amides is 1. The third-order valence-corrected chi connectivity index (χ3v) is 4.58. The van der Waals surface area contributed by atoms with Crippen molar-refractivity contribution in [2.45, 2.75) is 25.6 Å². The molecule has 3 heterocycles. The largest absolute Gasteiger partial charge is 0.454 e. The van der Waals surface area contributed by atoms with Gasteiger partial charge in [0.05, 0.1) is 11.6 Å². The monoisotopic (exact) mass is 426 g/mol. The van der Waals surface area contributed by atoms with E-state index in [1.165, 1.54) is 6.20 Å². The number of benzene rings is 1. The van der Waals surface area contributed by atoms with E-state index in [-0.39, 0.29) is 42.2 Å². The zero-order chi connectivity index (χ0) is 20.6. The molecule has 0 saturated heterocycles. The molecule has 152 valence electrons. The number of carbonyl (C=O) groups is 1. The molecule has 0 radical (unpaired) electrons. The molecule has 7 nitrogen and oxygen atoms in total. The van der Waals surface area contributed by atoms with E-state index in [0.29, 0.717) is 17.9 Å². The minimum Gasteiger partial charge on any atom is -0.454 e. The second-order valence-electron chi connectivity index (χ2n) is 6.34. The Morgan fingerprint density at radius 1 is 1.21 bits per heavy atom. The number of alkyl halides is 3. The molecule has 1 amide bonds. The number of fused-ring (bicyclic) bond motifs is 2. The van der Waals surface area contributed by atoms with Gasteiger partial charge in [-0.2, -0.15) is 13.2 Å². The normalized spacial score (nSPS) is 13.1. The Morgan fingerprint density at radius 3 is 2.79 bits per heavy atom. The van der Waals surface area contributed by atoms with Crippen molar-refractivity contribution in [1.82, 2.24) is 19.9 Å². The zero-order valence-electron chi connectivity index (χ0n) is 14.8. The first-order chi connectivity index (χ1) is 13.8. The number of aryl methyl sites for hydroxylation is 1. The number of rotatable bonds is 5. The van der Waals surface area contributed by atoms with E-state index in [4.69, 9.17) is 21.1 Å². The Hall–Kier alpha value is -3.01. The fourth-order valence-corrected chi connectivity index (χ4v) is 3.16. The van der Waals surface area contributed by atoms with Gasteiger partial charge in [-0.05, 0) is 30.2 Å². The summed E-state index contributed by atoms with van der Waals surface area (Å²) in [6.07, 6.45) is -2.69. The summed E-state index contributed by atoms with van der Waals surface area (Å²) in [4.78, 5) is 12.1. The van der Waals surface area contributed by atoms with Gasteiger partial charge in [-0.1, -0.05) is 17.7 Å². The maximum atomic E-state index is 13.1. The molecule has 1 aromatic carbocycles. The highest BCUT2D eigenvalue weighted by Gasteiger charge is 2.35. The van der Waals surface area contributed by atoms with Gasteiger partial charge in [-0.15, -0.1) is 10.2 Å². The average molecular weight is 427 g/mol. The molecule has 0 spiro atoms. The molecule has 4 rings (SSSR count). The average Bonchev–Trinajstić information content (AvgIpc) is 3.29. The van der Waals surface area contributed by atoms with Crippen LogP contribution >= 0.6 is 11.6 Å². The lowest BCUT2D eigenvalue weighted by atomic mass is 10.1. The third-order valence-electron chi connectivity index (χ3n) is 4.37. The van der Waals surface area contributed by atoms with Crippen molar-refractivity contribution in [2.75, 3.05) is 6.79 Å². The summed E-state index contributed by atoms with van der Waals surface area (Å²) in [7, 11) is 0. The predicted molar refractivity (Wildman–Crippen MR) is 95.7 cm³/mol. The van der Waals surface area contributed by atoms with Crippen molar-refractivity contribution < 1.29 is 27.4 Å². The van der Waals surface area contributed by atoms with Crippen molar-refractivity contribution >= 4 is 23.2 Å². The molecule has 0 bridgehead atoms. The molecule has 3 aromatic rings. The van der Waals surface area contributed by atoms with Gasteiger partial charge < -0.3 is 14.8 Å². The lowest BCUT2D eigenvalue weighted by Gasteiger charge is -2.09. The van der Waals surface area contributed by atoms with Crippen LogP contribution in [0.25, 0.3) is 5.65 Å². The van der Waals surface area contributed by atoms with Gasteiger partial charge in [0.15, 0.2) is 23.0 Å². The van der Waals surface area contributed by atoms with E-state index >= 15 is 0 Å². The number of aromatic nitrogens is 3. The summed E-state index contributed by atoms with van der Waals surface area (Å²) in [6.45, 7) is 0.0877. The number of nitrogens with zero attached hydrogens (tertiary/aromatic N) is 3. The van der Waals surface area contributed by atoms with Crippen LogP contribution in [-0.2, 0) is 23.9 Å². The zero-order valence-corrected chi connectivity index (χ0v) is 15.5. The predicted octanol–water partition coefficient (Wildman–Crippen LogP) is 3.38. The third kappa shape index (κ3) is 4.07. The van der Waals surface area contributed by atoms with Crippen molar-refractivity contribution in [3.8, 4) is 11.5 Å². The van der Waals surface area contributed by atoms with Crippen LogP contribution < -0.4 is 14.8 Å². The molecule has 1 N–H and O–H groups in total. The maximum absolute atomic E-state index is 13.1. The lowest BCUT2D eigenvalue weighted by molar-refractivity contribution is -0.136. The number of hydrogen-bond acceptors (Lipinski definition) is 5. The number of hydrogen-bond donors (Lipinski definition) is 1. The fraction of sp³-hybridized carbons (Fsp3) is 0.278. The second kappa shape index (κ2) is 7.43. The molecular weight excluding hydrogens is 413 g/mol. The van der Waals surface area contributed by atoms with Gasteiger partial charge in [0, 0.05) is 12.6 Å². The SMILES string of the molecule is O=C(CCc1ccc2c(c1)OCO2)NCc1nnc2c(C(F)(F)F)cc(Cl)cn12. The van der Waals surface area contributed by atoms with E-state index in [9.17, 15) is 18.0 Å². The Balaban J connectivity index is 1.40. The van der Waals surface area contributed by atoms with Gasteiger partial charge >= 0.3 is 6.18 Å².